The molecule has 0 fully saturated rings. The number of pyridine rings is 2. The number of aromatic nitrogens is 7. The van der Waals surface area contributed by atoms with Crippen molar-refractivity contribution in [3.63, 3.8) is 0 Å². The Balaban J connectivity index is 1.57. The highest BCUT2D eigenvalue weighted by atomic mass is 35.5. The molecular formula is C23H14ClF3N8O2. The molecule has 0 radical (unpaired) electrons. The number of halogens is 4. The third kappa shape index (κ3) is 4.51. The monoisotopic (exact) mass is 526 g/mol. The van der Waals surface area contributed by atoms with Gasteiger partial charge >= 0.3 is 6.18 Å². The van der Waals surface area contributed by atoms with Crippen LogP contribution in [0.25, 0.3) is 22.4 Å². The summed E-state index contributed by atoms with van der Waals surface area (Å²) in [4.78, 5) is 34.4. The van der Waals surface area contributed by atoms with Gasteiger partial charge in [0.15, 0.2) is 17.3 Å². The van der Waals surface area contributed by atoms with Gasteiger partial charge in [0.25, 0.3) is 5.91 Å². The largest absolute Gasteiger partial charge is 0.434 e. The number of Topliss-reactive ketones (excluding diaryl/α,β-unsaturated/α-hetero) is 1. The maximum atomic E-state index is 14.3. The van der Waals surface area contributed by atoms with Crippen LogP contribution in [0.4, 0.5) is 18.9 Å². The van der Waals surface area contributed by atoms with Crippen LogP contribution in [0.15, 0.2) is 61.2 Å². The highest BCUT2D eigenvalue weighted by molar-refractivity contribution is 6.32. The first-order chi connectivity index (χ1) is 17.6. The smallest absolute Gasteiger partial charge is 0.320 e. The van der Waals surface area contributed by atoms with E-state index in [4.69, 9.17) is 11.6 Å². The molecule has 0 aliphatic heterocycles. The second-order valence-electron chi connectivity index (χ2n) is 7.72. The normalized spacial score (nSPS) is 11.6. The van der Waals surface area contributed by atoms with Crippen molar-refractivity contribution in [3.05, 3.63) is 83.2 Å². The molecule has 1 amide bonds. The predicted octanol–water partition coefficient (Wildman–Crippen LogP) is 4.52. The van der Waals surface area contributed by atoms with E-state index < -0.39 is 29.1 Å². The highest BCUT2D eigenvalue weighted by Crippen LogP contribution is 2.36. The molecule has 0 aliphatic carbocycles. The first kappa shape index (κ1) is 24.1. The third-order valence-electron chi connectivity index (χ3n) is 5.25. The molecular weight excluding hydrogens is 513 g/mol. The third-order valence-corrected chi connectivity index (χ3v) is 5.53. The number of hydrogen-bond donors (Lipinski definition) is 1. The lowest BCUT2D eigenvalue weighted by molar-refractivity contribution is -0.143. The molecule has 10 nitrogen and oxygen atoms in total. The number of alkyl halides is 3. The number of nitrogens with zero attached hydrogens (tertiary/aromatic N) is 7. The number of ketones is 1. The lowest BCUT2D eigenvalue weighted by atomic mass is 10.1. The second kappa shape index (κ2) is 9.09. The average Bonchev–Trinajstić information content (AvgIpc) is 3.54. The van der Waals surface area contributed by atoms with Gasteiger partial charge in [0.1, 0.15) is 5.69 Å². The standard InChI is InChI=1S/C23H14ClF3N8O2/c1-12(36)18-9-19(14-4-2-3-5-17(14)33-18)34-20(23(25,26)27)15(11-31-34)22(37)32-13-8-16(24)21(28-10-13)35-29-6-7-30-35/h2-11H,1H3,(H,32,37). The van der Waals surface area contributed by atoms with Crippen molar-refractivity contribution in [2.75, 3.05) is 5.32 Å². The van der Waals surface area contributed by atoms with E-state index in [-0.39, 0.29) is 27.9 Å². The number of para-hydroxylation sites is 1. The van der Waals surface area contributed by atoms with Gasteiger partial charge in [-0.3, -0.25) is 9.59 Å². The van der Waals surface area contributed by atoms with Crippen LogP contribution in [0, 0.1) is 0 Å². The summed E-state index contributed by atoms with van der Waals surface area (Å²) < 4.78 is 43.4. The molecule has 0 spiro atoms. The summed E-state index contributed by atoms with van der Waals surface area (Å²) in [6, 6.07) is 8.88. The Labute approximate surface area is 210 Å². The van der Waals surface area contributed by atoms with Crippen LogP contribution in [0.5, 0.6) is 0 Å². The summed E-state index contributed by atoms with van der Waals surface area (Å²) in [5.74, 6) is -1.37. The number of nitrogens with one attached hydrogen (secondary N) is 1. The van der Waals surface area contributed by atoms with Crippen LogP contribution in [0.3, 0.4) is 0 Å². The lowest BCUT2D eigenvalue weighted by Crippen LogP contribution is -2.21. The molecule has 1 N–H and O–H groups in total. The highest BCUT2D eigenvalue weighted by Gasteiger charge is 2.41. The minimum atomic E-state index is -4.98. The zero-order valence-corrected chi connectivity index (χ0v) is 19.5. The summed E-state index contributed by atoms with van der Waals surface area (Å²) in [6.07, 6.45) is -0.145. The van der Waals surface area contributed by atoms with E-state index >= 15 is 0 Å². The minimum absolute atomic E-state index is 0.0417. The number of benzene rings is 1. The van der Waals surface area contributed by atoms with Crippen molar-refractivity contribution < 1.29 is 22.8 Å². The second-order valence-corrected chi connectivity index (χ2v) is 8.13. The number of anilines is 1. The fourth-order valence-electron chi connectivity index (χ4n) is 3.65. The van der Waals surface area contributed by atoms with Gasteiger partial charge in [0, 0.05) is 12.3 Å². The number of fused-ring (bicyclic) bond motifs is 1. The molecule has 0 aliphatic rings. The first-order valence-electron chi connectivity index (χ1n) is 10.5. The summed E-state index contributed by atoms with van der Waals surface area (Å²) in [6.45, 7) is 1.25. The molecule has 5 aromatic rings. The summed E-state index contributed by atoms with van der Waals surface area (Å²) in [7, 11) is 0. The van der Waals surface area contributed by atoms with Crippen LogP contribution in [0.1, 0.15) is 33.5 Å². The number of carbonyl (C=O) groups excluding carboxylic acids is 2. The molecule has 0 unspecified atom stereocenters. The number of rotatable bonds is 5. The van der Waals surface area contributed by atoms with Crippen LogP contribution >= 0.6 is 11.6 Å². The van der Waals surface area contributed by atoms with Gasteiger partial charge in [-0.1, -0.05) is 29.8 Å². The van der Waals surface area contributed by atoms with E-state index in [2.05, 4.69) is 30.6 Å². The van der Waals surface area contributed by atoms with E-state index in [9.17, 15) is 22.8 Å². The van der Waals surface area contributed by atoms with E-state index in [1.54, 1.807) is 24.3 Å². The lowest BCUT2D eigenvalue weighted by Gasteiger charge is -2.15. The first-order valence-corrected chi connectivity index (χ1v) is 10.9. The Morgan fingerprint density at radius 1 is 1.03 bits per heavy atom. The van der Waals surface area contributed by atoms with Gasteiger partial charge < -0.3 is 5.32 Å². The number of carbonyl (C=O) groups is 2. The van der Waals surface area contributed by atoms with Crippen molar-refractivity contribution in [2.45, 2.75) is 13.1 Å². The van der Waals surface area contributed by atoms with Crippen molar-refractivity contribution >= 4 is 39.9 Å². The van der Waals surface area contributed by atoms with Gasteiger partial charge in [-0.2, -0.15) is 28.5 Å². The van der Waals surface area contributed by atoms with Gasteiger partial charge in [-0.25, -0.2) is 14.6 Å². The zero-order valence-electron chi connectivity index (χ0n) is 18.7. The summed E-state index contributed by atoms with van der Waals surface area (Å²) >= 11 is 6.19. The average molecular weight is 527 g/mol. The number of hydrogen-bond acceptors (Lipinski definition) is 7. The topological polar surface area (TPSA) is 120 Å². The molecule has 186 valence electrons. The SMILES string of the molecule is CC(=O)c1cc(-n2ncc(C(=O)Nc3cnc(-n4nccn4)c(Cl)c3)c2C(F)(F)F)c2ccccc2n1. The van der Waals surface area contributed by atoms with Gasteiger partial charge in [-0.05, 0) is 18.2 Å². The predicted molar refractivity (Wildman–Crippen MR) is 126 cm³/mol. The molecule has 4 aromatic heterocycles. The van der Waals surface area contributed by atoms with Gasteiger partial charge in [0.05, 0.1) is 52.3 Å². The molecule has 0 bridgehead atoms. The fourth-order valence-corrected chi connectivity index (χ4v) is 3.89. The van der Waals surface area contributed by atoms with Gasteiger partial charge in [0.2, 0.25) is 0 Å². The number of amides is 1. The maximum Gasteiger partial charge on any atom is 0.434 e. The zero-order chi connectivity index (χ0) is 26.3. The Bertz CT molecular complexity index is 1660. The van der Waals surface area contributed by atoms with Crippen molar-refractivity contribution in [1.82, 2.24) is 34.7 Å². The molecule has 14 heteroatoms. The molecule has 5 rings (SSSR count). The van der Waals surface area contributed by atoms with Crippen LogP contribution in [-0.4, -0.2) is 46.4 Å². The molecule has 0 saturated heterocycles. The fraction of sp³-hybridized carbons (Fsp3) is 0.0870. The summed E-state index contributed by atoms with van der Waals surface area (Å²) in [5.41, 5.74) is -1.83. The summed E-state index contributed by atoms with van der Waals surface area (Å²) in [5, 5.41) is 14.4. The van der Waals surface area contributed by atoms with Gasteiger partial charge in [-0.15, -0.1) is 4.80 Å². The Morgan fingerprint density at radius 3 is 2.43 bits per heavy atom. The van der Waals surface area contributed by atoms with E-state index in [1.165, 1.54) is 37.6 Å². The molecule has 1 aromatic carbocycles. The van der Waals surface area contributed by atoms with E-state index in [1.807, 2.05) is 0 Å². The van der Waals surface area contributed by atoms with Crippen molar-refractivity contribution in [3.8, 4) is 11.5 Å². The van der Waals surface area contributed by atoms with Crippen LogP contribution in [-0.2, 0) is 6.18 Å². The minimum Gasteiger partial charge on any atom is -0.320 e. The van der Waals surface area contributed by atoms with Crippen LogP contribution < -0.4 is 5.32 Å². The Hall–Kier alpha value is -4.65. The maximum absolute atomic E-state index is 14.3. The van der Waals surface area contributed by atoms with E-state index in [0.717, 1.165) is 11.0 Å². The molecule has 37 heavy (non-hydrogen) atoms. The Morgan fingerprint density at radius 2 is 1.76 bits per heavy atom. The van der Waals surface area contributed by atoms with Crippen molar-refractivity contribution in [2.24, 2.45) is 0 Å². The Kier molecular flexibility index (Phi) is 5.91. The van der Waals surface area contributed by atoms with E-state index in [0.29, 0.717) is 15.6 Å². The van der Waals surface area contributed by atoms with Crippen molar-refractivity contribution in [1.29, 1.82) is 0 Å². The molecule has 0 saturated carbocycles. The molecule has 4 heterocycles. The quantitative estimate of drug-likeness (QED) is 0.334. The van der Waals surface area contributed by atoms with Crippen LogP contribution in [0.2, 0.25) is 5.02 Å². The molecule has 0 atom stereocenters.